The SMILES string of the molecule is CCCCN(CCCC(C)C)CCCN1CCN(CCCN(CCCC(C)C)CCCC(C)C)CC1. The fraction of sp³-hybridized carbons (Fsp3) is 1.00. The Morgan fingerprint density at radius 2 is 0.778 bits per heavy atom. The van der Waals surface area contributed by atoms with Crippen LogP contribution in [0.2, 0.25) is 0 Å². The number of unbranched alkanes of at least 4 members (excludes halogenated alkanes) is 1. The van der Waals surface area contributed by atoms with E-state index < -0.39 is 0 Å². The Morgan fingerprint density at radius 3 is 1.08 bits per heavy atom. The molecule has 0 unspecified atom stereocenters. The Morgan fingerprint density at radius 1 is 0.472 bits per heavy atom. The molecule has 0 saturated carbocycles. The quantitative estimate of drug-likeness (QED) is 0.146. The van der Waals surface area contributed by atoms with Gasteiger partial charge in [0.15, 0.2) is 0 Å². The van der Waals surface area contributed by atoms with Crippen molar-refractivity contribution < 1.29 is 0 Å². The summed E-state index contributed by atoms with van der Waals surface area (Å²) >= 11 is 0. The van der Waals surface area contributed by atoms with Gasteiger partial charge in [0, 0.05) is 26.2 Å². The Balaban J connectivity index is 2.23. The maximum Gasteiger partial charge on any atom is 0.0110 e. The maximum atomic E-state index is 2.77. The molecule has 36 heavy (non-hydrogen) atoms. The molecule has 1 rings (SSSR count). The van der Waals surface area contributed by atoms with Crippen molar-refractivity contribution in [3.05, 3.63) is 0 Å². The Bertz CT molecular complexity index is 457. The van der Waals surface area contributed by atoms with E-state index in [0.29, 0.717) is 0 Å². The summed E-state index contributed by atoms with van der Waals surface area (Å²) < 4.78 is 0. The van der Waals surface area contributed by atoms with E-state index in [0.717, 1.165) is 17.8 Å². The second-order valence-corrected chi connectivity index (χ2v) is 13.0. The molecule has 1 saturated heterocycles. The lowest BCUT2D eigenvalue weighted by molar-refractivity contribution is 0.120. The average Bonchev–Trinajstić information content (AvgIpc) is 2.82. The van der Waals surface area contributed by atoms with E-state index in [1.165, 1.54) is 143 Å². The molecule has 0 radical (unpaired) electrons. The van der Waals surface area contributed by atoms with Gasteiger partial charge in [-0.2, -0.15) is 0 Å². The molecule has 0 spiro atoms. The molecule has 1 aliphatic heterocycles. The molecule has 4 heteroatoms. The molecule has 0 N–H and O–H groups in total. The molecule has 216 valence electrons. The standard InChI is InChI=1S/C32H68N4/c1-8-9-18-33(19-10-15-30(2)3)22-13-24-35-26-28-36(29-27-35)25-14-23-34(20-11-16-31(4)5)21-12-17-32(6)7/h30-32H,8-29H2,1-7H3. The minimum absolute atomic E-state index is 0.836. The number of hydrogen-bond donors (Lipinski definition) is 0. The van der Waals surface area contributed by atoms with Gasteiger partial charge in [0.25, 0.3) is 0 Å². The van der Waals surface area contributed by atoms with Crippen molar-refractivity contribution in [1.82, 2.24) is 19.6 Å². The van der Waals surface area contributed by atoms with Crippen molar-refractivity contribution >= 4 is 0 Å². The summed E-state index contributed by atoms with van der Waals surface area (Å²) in [5.74, 6) is 2.51. The van der Waals surface area contributed by atoms with Crippen LogP contribution in [0.25, 0.3) is 0 Å². The summed E-state index contributed by atoms with van der Waals surface area (Å²) in [5.41, 5.74) is 0. The normalized spacial score (nSPS) is 16.0. The maximum absolute atomic E-state index is 2.77. The van der Waals surface area contributed by atoms with Crippen molar-refractivity contribution in [2.24, 2.45) is 17.8 Å². The largest absolute Gasteiger partial charge is 0.303 e. The summed E-state index contributed by atoms with van der Waals surface area (Å²) in [7, 11) is 0. The van der Waals surface area contributed by atoms with E-state index >= 15 is 0 Å². The van der Waals surface area contributed by atoms with Crippen molar-refractivity contribution in [1.29, 1.82) is 0 Å². The molecule has 0 atom stereocenters. The van der Waals surface area contributed by atoms with Crippen molar-refractivity contribution in [2.75, 3.05) is 78.5 Å². The Kier molecular flexibility index (Phi) is 20.5. The van der Waals surface area contributed by atoms with Gasteiger partial charge in [-0.15, -0.1) is 0 Å². The van der Waals surface area contributed by atoms with Gasteiger partial charge in [-0.3, -0.25) is 0 Å². The summed E-state index contributed by atoms with van der Waals surface area (Å²) in [6.07, 6.45) is 13.6. The lowest BCUT2D eigenvalue weighted by Gasteiger charge is -2.35. The number of nitrogens with zero attached hydrogens (tertiary/aromatic N) is 4. The van der Waals surface area contributed by atoms with Crippen LogP contribution in [0.15, 0.2) is 0 Å². The van der Waals surface area contributed by atoms with Crippen LogP contribution in [0.1, 0.15) is 113 Å². The van der Waals surface area contributed by atoms with E-state index in [9.17, 15) is 0 Å². The highest BCUT2D eigenvalue weighted by Crippen LogP contribution is 2.11. The smallest absolute Gasteiger partial charge is 0.0110 e. The third-order valence-corrected chi connectivity index (χ3v) is 7.96. The van der Waals surface area contributed by atoms with Crippen LogP contribution in [0.5, 0.6) is 0 Å². The van der Waals surface area contributed by atoms with Gasteiger partial charge >= 0.3 is 0 Å². The zero-order chi connectivity index (χ0) is 26.6. The highest BCUT2D eigenvalue weighted by molar-refractivity contribution is 4.73. The van der Waals surface area contributed by atoms with Crippen LogP contribution in [0.4, 0.5) is 0 Å². The number of rotatable bonds is 23. The van der Waals surface area contributed by atoms with Gasteiger partial charge in [0.2, 0.25) is 0 Å². The van der Waals surface area contributed by atoms with Crippen LogP contribution in [0.3, 0.4) is 0 Å². The van der Waals surface area contributed by atoms with E-state index in [2.05, 4.69) is 68.1 Å². The van der Waals surface area contributed by atoms with Crippen LogP contribution in [-0.2, 0) is 0 Å². The van der Waals surface area contributed by atoms with Gasteiger partial charge in [-0.05, 0) is 128 Å². The predicted octanol–water partition coefficient (Wildman–Crippen LogP) is 7.10. The van der Waals surface area contributed by atoms with E-state index in [-0.39, 0.29) is 0 Å². The molecule has 0 bridgehead atoms. The minimum Gasteiger partial charge on any atom is -0.303 e. The Hall–Kier alpha value is -0.160. The molecule has 1 heterocycles. The van der Waals surface area contributed by atoms with Gasteiger partial charge in [0.1, 0.15) is 0 Å². The average molecular weight is 509 g/mol. The molecule has 0 amide bonds. The number of hydrogen-bond acceptors (Lipinski definition) is 4. The highest BCUT2D eigenvalue weighted by atomic mass is 15.3. The van der Waals surface area contributed by atoms with E-state index in [1.54, 1.807) is 0 Å². The van der Waals surface area contributed by atoms with Crippen LogP contribution >= 0.6 is 0 Å². The van der Waals surface area contributed by atoms with Crippen molar-refractivity contribution in [3.63, 3.8) is 0 Å². The van der Waals surface area contributed by atoms with Crippen molar-refractivity contribution in [2.45, 2.75) is 113 Å². The highest BCUT2D eigenvalue weighted by Gasteiger charge is 2.17. The third-order valence-electron chi connectivity index (χ3n) is 7.96. The first-order valence-corrected chi connectivity index (χ1v) is 16.2. The van der Waals surface area contributed by atoms with E-state index in [4.69, 9.17) is 0 Å². The zero-order valence-corrected chi connectivity index (χ0v) is 26.1. The lowest BCUT2D eigenvalue weighted by Crippen LogP contribution is -2.47. The molecule has 0 aliphatic carbocycles. The fourth-order valence-corrected chi connectivity index (χ4v) is 5.49. The predicted molar refractivity (Wildman–Crippen MR) is 162 cm³/mol. The minimum atomic E-state index is 0.836. The molecule has 4 nitrogen and oxygen atoms in total. The molecule has 0 aromatic heterocycles. The summed E-state index contributed by atoms with van der Waals surface area (Å²) in [6.45, 7) is 31.9. The topological polar surface area (TPSA) is 13.0 Å². The summed E-state index contributed by atoms with van der Waals surface area (Å²) in [6, 6.07) is 0. The van der Waals surface area contributed by atoms with Gasteiger partial charge in [0.05, 0.1) is 0 Å². The van der Waals surface area contributed by atoms with Gasteiger partial charge in [-0.25, -0.2) is 0 Å². The van der Waals surface area contributed by atoms with Crippen LogP contribution in [0, 0.1) is 17.8 Å². The summed E-state index contributed by atoms with van der Waals surface area (Å²) in [5, 5.41) is 0. The second kappa shape index (κ2) is 21.7. The third kappa shape index (κ3) is 19.0. The first-order chi connectivity index (χ1) is 17.3. The monoisotopic (exact) mass is 509 g/mol. The summed E-state index contributed by atoms with van der Waals surface area (Å²) in [4.78, 5) is 11.0. The lowest BCUT2D eigenvalue weighted by atomic mass is 10.1. The molecule has 0 aromatic rings. The fourth-order valence-electron chi connectivity index (χ4n) is 5.49. The first kappa shape index (κ1) is 33.9. The van der Waals surface area contributed by atoms with Crippen molar-refractivity contribution in [3.8, 4) is 0 Å². The molecule has 0 aromatic carbocycles. The van der Waals surface area contributed by atoms with Gasteiger partial charge < -0.3 is 19.6 Å². The molecule has 1 fully saturated rings. The molecule has 1 aliphatic rings. The molecular weight excluding hydrogens is 440 g/mol. The Labute approximate surface area is 228 Å². The van der Waals surface area contributed by atoms with Crippen LogP contribution in [-0.4, -0.2) is 98.1 Å². The number of piperazine rings is 1. The first-order valence-electron chi connectivity index (χ1n) is 16.2. The molecular formula is C32H68N4. The van der Waals surface area contributed by atoms with E-state index in [1.807, 2.05) is 0 Å². The van der Waals surface area contributed by atoms with Gasteiger partial charge in [-0.1, -0.05) is 54.9 Å². The second-order valence-electron chi connectivity index (χ2n) is 13.0. The zero-order valence-electron chi connectivity index (χ0n) is 26.1. The van der Waals surface area contributed by atoms with Crippen LogP contribution < -0.4 is 0 Å².